The monoisotopic (exact) mass is 303 g/mol. The van der Waals surface area contributed by atoms with Gasteiger partial charge in [0.2, 0.25) is 5.91 Å². The SMILES string of the molecule is CNC(=O)Cc1noc(C=Cc2cc(OC)ccc2OC)n1. The van der Waals surface area contributed by atoms with Crippen molar-refractivity contribution in [1.29, 1.82) is 0 Å². The maximum absolute atomic E-state index is 11.2. The zero-order chi connectivity index (χ0) is 15.9. The number of aromatic nitrogens is 2. The summed E-state index contributed by atoms with van der Waals surface area (Å²) in [6.07, 6.45) is 3.51. The second-order valence-corrected chi connectivity index (χ2v) is 4.34. The zero-order valence-electron chi connectivity index (χ0n) is 12.6. The number of hydrogen-bond acceptors (Lipinski definition) is 6. The molecule has 1 N–H and O–H groups in total. The number of benzene rings is 1. The van der Waals surface area contributed by atoms with Crippen molar-refractivity contribution in [2.75, 3.05) is 21.3 Å². The lowest BCUT2D eigenvalue weighted by Gasteiger charge is -2.06. The molecule has 0 radical (unpaired) electrons. The fraction of sp³-hybridized carbons (Fsp3) is 0.267. The molecule has 0 saturated carbocycles. The van der Waals surface area contributed by atoms with Crippen LogP contribution in [0.2, 0.25) is 0 Å². The van der Waals surface area contributed by atoms with E-state index < -0.39 is 0 Å². The molecule has 0 saturated heterocycles. The normalized spacial score (nSPS) is 10.7. The summed E-state index contributed by atoms with van der Waals surface area (Å²) < 4.78 is 15.5. The van der Waals surface area contributed by atoms with Gasteiger partial charge in [0.05, 0.1) is 20.6 Å². The molecule has 22 heavy (non-hydrogen) atoms. The standard InChI is InChI=1S/C15H17N3O4/c1-16-14(19)9-13-17-15(22-18-13)7-4-10-8-11(20-2)5-6-12(10)21-3/h4-8H,9H2,1-3H3,(H,16,19). The average Bonchev–Trinajstić information content (AvgIpc) is 2.99. The highest BCUT2D eigenvalue weighted by Crippen LogP contribution is 2.25. The summed E-state index contributed by atoms with van der Waals surface area (Å²) in [5.74, 6) is 1.87. The second-order valence-electron chi connectivity index (χ2n) is 4.34. The number of rotatable bonds is 6. The number of ether oxygens (including phenoxy) is 2. The maximum atomic E-state index is 11.2. The van der Waals surface area contributed by atoms with Gasteiger partial charge in [-0.05, 0) is 24.3 Å². The van der Waals surface area contributed by atoms with Gasteiger partial charge in [-0.25, -0.2) is 0 Å². The largest absolute Gasteiger partial charge is 0.497 e. The first-order chi connectivity index (χ1) is 10.7. The van der Waals surface area contributed by atoms with Crippen LogP contribution in [0.25, 0.3) is 12.2 Å². The van der Waals surface area contributed by atoms with Crippen molar-refractivity contribution in [1.82, 2.24) is 15.5 Å². The van der Waals surface area contributed by atoms with Crippen LogP contribution in [-0.4, -0.2) is 37.3 Å². The van der Waals surface area contributed by atoms with Crippen LogP contribution >= 0.6 is 0 Å². The van der Waals surface area contributed by atoms with Crippen molar-refractivity contribution in [2.24, 2.45) is 0 Å². The molecular formula is C15H17N3O4. The van der Waals surface area contributed by atoms with E-state index in [0.717, 1.165) is 5.56 Å². The number of nitrogens with zero attached hydrogens (tertiary/aromatic N) is 2. The summed E-state index contributed by atoms with van der Waals surface area (Å²) in [7, 11) is 4.74. The van der Waals surface area contributed by atoms with Crippen LogP contribution in [0.1, 0.15) is 17.3 Å². The number of hydrogen-bond donors (Lipinski definition) is 1. The first-order valence-electron chi connectivity index (χ1n) is 6.59. The predicted molar refractivity (Wildman–Crippen MR) is 80.5 cm³/mol. The number of nitrogens with one attached hydrogen (secondary N) is 1. The molecule has 2 rings (SSSR count). The van der Waals surface area contributed by atoms with Crippen LogP contribution in [0.4, 0.5) is 0 Å². The van der Waals surface area contributed by atoms with Gasteiger partial charge >= 0.3 is 0 Å². The zero-order valence-corrected chi connectivity index (χ0v) is 12.6. The van der Waals surface area contributed by atoms with E-state index in [1.54, 1.807) is 33.4 Å². The van der Waals surface area contributed by atoms with E-state index in [0.29, 0.717) is 23.2 Å². The van der Waals surface area contributed by atoms with Crippen LogP contribution < -0.4 is 14.8 Å². The number of amides is 1. The molecule has 0 aliphatic rings. The molecular weight excluding hydrogens is 286 g/mol. The lowest BCUT2D eigenvalue weighted by atomic mass is 10.1. The Labute approximate surface area is 127 Å². The van der Waals surface area contributed by atoms with Gasteiger partial charge in [0.25, 0.3) is 5.89 Å². The van der Waals surface area contributed by atoms with E-state index in [4.69, 9.17) is 14.0 Å². The van der Waals surface area contributed by atoms with Gasteiger partial charge in [0.15, 0.2) is 5.82 Å². The van der Waals surface area contributed by atoms with Gasteiger partial charge in [-0.15, -0.1) is 0 Å². The molecule has 1 amide bonds. The lowest BCUT2D eigenvalue weighted by Crippen LogP contribution is -2.20. The van der Waals surface area contributed by atoms with Crippen molar-refractivity contribution in [3.8, 4) is 11.5 Å². The first kappa shape index (κ1) is 15.6. The van der Waals surface area contributed by atoms with E-state index in [1.807, 2.05) is 18.2 Å². The van der Waals surface area contributed by atoms with Crippen LogP contribution in [0.5, 0.6) is 11.5 Å². The van der Waals surface area contributed by atoms with E-state index in [2.05, 4.69) is 15.5 Å². The Morgan fingerprint density at radius 3 is 2.82 bits per heavy atom. The molecule has 1 aromatic heterocycles. The number of methoxy groups -OCH3 is 2. The molecule has 0 aliphatic heterocycles. The third-order valence-electron chi connectivity index (χ3n) is 2.92. The Morgan fingerprint density at radius 1 is 1.32 bits per heavy atom. The van der Waals surface area contributed by atoms with E-state index in [-0.39, 0.29) is 12.3 Å². The number of likely N-dealkylation sites (N-methyl/N-ethyl adjacent to an activating group) is 1. The highest BCUT2D eigenvalue weighted by atomic mass is 16.5. The topological polar surface area (TPSA) is 86.5 Å². The van der Waals surface area contributed by atoms with Crippen LogP contribution in [0.3, 0.4) is 0 Å². The third kappa shape index (κ3) is 3.85. The van der Waals surface area contributed by atoms with Gasteiger partial charge < -0.3 is 19.3 Å². The van der Waals surface area contributed by atoms with Gasteiger partial charge in [0.1, 0.15) is 11.5 Å². The van der Waals surface area contributed by atoms with E-state index in [9.17, 15) is 4.79 Å². The molecule has 116 valence electrons. The van der Waals surface area contributed by atoms with Crippen molar-refractivity contribution in [3.63, 3.8) is 0 Å². The second kappa shape index (κ2) is 7.26. The van der Waals surface area contributed by atoms with Crippen LogP contribution in [-0.2, 0) is 11.2 Å². The molecule has 0 aliphatic carbocycles. The summed E-state index contributed by atoms with van der Waals surface area (Å²) in [5, 5.41) is 6.24. The highest BCUT2D eigenvalue weighted by Gasteiger charge is 2.08. The summed E-state index contributed by atoms with van der Waals surface area (Å²) in [4.78, 5) is 15.4. The Morgan fingerprint density at radius 2 is 2.14 bits per heavy atom. The minimum Gasteiger partial charge on any atom is -0.497 e. The molecule has 7 heteroatoms. The van der Waals surface area contributed by atoms with Gasteiger partial charge in [0, 0.05) is 18.7 Å². The fourth-order valence-electron chi connectivity index (χ4n) is 1.77. The number of carbonyl (C=O) groups excluding carboxylic acids is 1. The molecule has 0 atom stereocenters. The van der Waals surface area contributed by atoms with Gasteiger partial charge in [-0.2, -0.15) is 4.98 Å². The van der Waals surface area contributed by atoms with E-state index in [1.165, 1.54) is 0 Å². The average molecular weight is 303 g/mol. The van der Waals surface area contributed by atoms with Crippen LogP contribution in [0, 0.1) is 0 Å². The smallest absolute Gasteiger partial charge is 0.250 e. The molecule has 7 nitrogen and oxygen atoms in total. The summed E-state index contributed by atoms with van der Waals surface area (Å²) >= 11 is 0. The maximum Gasteiger partial charge on any atom is 0.250 e. The quantitative estimate of drug-likeness (QED) is 0.871. The van der Waals surface area contributed by atoms with Crippen molar-refractivity contribution >= 4 is 18.1 Å². The molecule has 1 aromatic carbocycles. The number of carbonyl (C=O) groups is 1. The summed E-state index contributed by atoms with van der Waals surface area (Å²) in [5.41, 5.74) is 0.813. The first-order valence-corrected chi connectivity index (χ1v) is 6.59. The van der Waals surface area contributed by atoms with Crippen molar-refractivity contribution < 1.29 is 18.8 Å². The molecule has 0 unspecified atom stereocenters. The van der Waals surface area contributed by atoms with Gasteiger partial charge in [-0.3, -0.25) is 4.79 Å². The minimum atomic E-state index is -0.175. The van der Waals surface area contributed by atoms with Crippen LogP contribution in [0.15, 0.2) is 22.7 Å². The summed E-state index contributed by atoms with van der Waals surface area (Å²) in [6.45, 7) is 0. The van der Waals surface area contributed by atoms with Crippen molar-refractivity contribution in [2.45, 2.75) is 6.42 Å². The lowest BCUT2D eigenvalue weighted by molar-refractivity contribution is -0.120. The van der Waals surface area contributed by atoms with E-state index >= 15 is 0 Å². The fourth-order valence-corrected chi connectivity index (χ4v) is 1.77. The molecule has 0 bridgehead atoms. The Kier molecular flexibility index (Phi) is 5.13. The van der Waals surface area contributed by atoms with Gasteiger partial charge in [-0.1, -0.05) is 5.16 Å². The third-order valence-corrected chi connectivity index (χ3v) is 2.92. The molecule has 0 fully saturated rings. The van der Waals surface area contributed by atoms with Crippen molar-refractivity contribution in [3.05, 3.63) is 35.5 Å². The highest BCUT2D eigenvalue weighted by molar-refractivity contribution is 5.77. The predicted octanol–water partition coefficient (Wildman–Crippen LogP) is 1.55. The molecule has 0 spiro atoms. The Hall–Kier alpha value is -2.83. The molecule has 2 aromatic rings. The summed E-state index contributed by atoms with van der Waals surface area (Å²) in [6, 6.07) is 5.45. The minimum absolute atomic E-state index is 0.0797. The Balaban J connectivity index is 2.16. The Bertz CT molecular complexity index is 679. The molecule has 1 heterocycles.